The fraction of sp³-hybridized carbons (Fsp3) is 0.455. The quantitative estimate of drug-likeness (QED) is 0.562. The number of pyridine rings is 1. The highest BCUT2D eigenvalue weighted by Crippen LogP contribution is 2.20. The lowest BCUT2D eigenvalue weighted by Crippen LogP contribution is -2.38. The van der Waals surface area contributed by atoms with E-state index in [0.29, 0.717) is 5.84 Å². The number of hydrogen-bond donors (Lipinski definition) is 2. The van der Waals surface area contributed by atoms with E-state index in [1.807, 2.05) is 24.4 Å². The molecule has 0 radical (unpaired) electrons. The zero-order valence-electron chi connectivity index (χ0n) is 8.69. The van der Waals surface area contributed by atoms with Crippen molar-refractivity contribution in [1.82, 2.24) is 4.98 Å². The molecule has 1 aliphatic rings. The summed E-state index contributed by atoms with van der Waals surface area (Å²) in [4.78, 5) is 6.56. The molecule has 0 aliphatic carbocycles. The number of hydrogen-bond acceptors (Lipinski definition) is 3. The van der Waals surface area contributed by atoms with Gasteiger partial charge in [-0.25, -0.2) is 4.98 Å². The molecule has 0 amide bonds. The van der Waals surface area contributed by atoms with Crippen LogP contribution in [-0.2, 0) is 0 Å². The van der Waals surface area contributed by atoms with Crippen LogP contribution in [0.1, 0.15) is 12.8 Å². The van der Waals surface area contributed by atoms with Crippen LogP contribution in [0.15, 0.2) is 24.4 Å². The largest absolute Gasteiger partial charge is 0.387 e. The Labute approximate surface area is 89.6 Å². The second-order valence-electron chi connectivity index (χ2n) is 3.90. The van der Waals surface area contributed by atoms with E-state index in [1.165, 1.54) is 0 Å². The minimum absolute atomic E-state index is 0.268. The molecule has 80 valence electrons. The molecule has 1 aliphatic heterocycles. The van der Waals surface area contributed by atoms with Crippen molar-refractivity contribution in [3.63, 3.8) is 0 Å². The summed E-state index contributed by atoms with van der Waals surface area (Å²) in [7, 11) is 0. The van der Waals surface area contributed by atoms with Crippen molar-refractivity contribution in [2.24, 2.45) is 11.7 Å². The van der Waals surface area contributed by atoms with Crippen molar-refractivity contribution < 1.29 is 0 Å². The number of piperidine rings is 1. The highest BCUT2D eigenvalue weighted by molar-refractivity contribution is 5.79. The predicted octanol–water partition coefficient (Wildman–Crippen LogP) is 1.23. The van der Waals surface area contributed by atoms with E-state index in [-0.39, 0.29) is 5.92 Å². The van der Waals surface area contributed by atoms with Crippen LogP contribution in [0.25, 0.3) is 0 Å². The molecule has 0 atom stereocenters. The van der Waals surface area contributed by atoms with Gasteiger partial charge in [0.25, 0.3) is 0 Å². The van der Waals surface area contributed by atoms with Crippen LogP contribution in [0.4, 0.5) is 5.82 Å². The predicted molar refractivity (Wildman–Crippen MR) is 61.1 cm³/mol. The van der Waals surface area contributed by atoms with Gasteiger partial charge in [0.05, 0.1) is 5.84 Å². The summed E-state index contributed by atoms with van der Waals surface area (Å²) >= 11 is 0. The number of rotatable bonds is 2. The fourth-order valence-corrected chi connectivity index (χ4v) is 1.96. The number of nitrogens with two attached hydrogens (primary N) is 1. The van der Waals surface area contributed by atoms with Gasteiger partial charge in [-0.15, -0.1) is 0 Å². The molecule has 4 nitrogen and oxygen atoms in total. The first-order valence-corrected chi connectivity index (χ1v) is 5.27. The fourth-order valence-electron chi connectivity index (χ4n) is 1.96. The van der Waals surface area contributed by atoms with E-state index in [0.717, 1.165) is 31.7 Å². The van der Waals surface area contributed by atoms with E-state index in [9.17, 15) is 0 Å². The van der Waals surface area contributed by atoms with Crippen LogP contribution in [-0.4, -0.2) is 23.9 Å². The summed E-state index contributed by atoms with van der Waals surface area (Å²) in [5.41, 5.74) is 5.50. The zero-order chi connectivity index (χ0) is 10.7. The van der Waals surface area contributed by atoms with E-state index >= 15 is 0 Å². The summed E-state index contributed by atoms with van der Waals surface area (Å²) < 4.78 is 0. The highest BCUT2D eigenvalue weighted by atomic mass is 15.2. The molecule has 3 N–H and O–H groups in total. The van der Waals surface area contributed by atoms with Gasteiger partial charge in [-0.1, -0.05) is 6.07 Å². The first-order chi connectivity index (χ1) is 7.27. The van der Waals surface area contributed by atoms with Gasteiger partial charge in [0, 0.05) is 25.2 Å². The highest BCUT2D eigenvalue weighted by Gasteiger charge is 2.21. The van der Waals surface area contributed by atoms with Crippen LogP contribution < -0.4 is 10.6 Å². The lowest BCUT2D eigenvalue weighted by Gasteiger charge is -2.32. The van der Waals surface area contributed by atoms with Gasteiger partial charge in [-0.05, 0) is 25.0 Å². The average molecular weight is 204 g/mol. The Hall–Kier alpha value is -1.58. The Balaban J connectivity index is 1.97. The Bertz CT molecular complexity index is 328. The third kappa shape index (κ3) is 2.26. The van der Waals surface area contributed by atoms with Crippen LogP contribution in [0.5, 0.6) is 0 Å². The molecule has 0 unspecified atom stereocenters. The summed E-state index contributed by atoms with van der Waals surface area (Å²) in [6.45, 7) is 1.89. The van der Waals surface area contributed by atoms with Crippen molar-refractivity contribution >= 4 is 11.7 Å². The van der Waals surface area contributed by atoms with Gasteiger partial charge in [-0.2, -0.15) is 0 Å². The molecule has 0 saturated carbocycles. The number of amidine groups is 1. The summed E-state index contributed by atoms with van der Waals surface area (Å²) in [6, 6.07) is 5.94. The smallest absolute Gasteiger partial charge is 0.128 e. The molecule has 1 saturated heterocycles. The minimum atomic E-state index is 0.268. The number of nitrogens with zero attached hydrogens (tertiary/aromatic N) is 2. The monoisotopic (exact) mass is 204 g/mol. The van der Waals surface area contributed by atoms with Crippen LogP contribution in [0.2, 0.25) is 0 Å². The minimum Gasteiger partial charge on any atom is -0.387 e. The van der Waals surface area contributed by atoms with Gasteiger partial charge in [0.2, 0.25) is 0 Å². The molecule has 2 heterocycles. The molecule has 0 aromatic carbocycles. The molecule has 4 heteroatoms. The number of aromatic nitrogens is 1. The van der Waals surface area contributed by atoms with Gasteiger partial charge in [0.1, 0.15) is 5.82 Å². The molecule has 0 bridgehead atoms. The topological polar surface area (TPSA) is 66.0 Å². The van der Waals surface area contributed by atoms with Crippen LogP contribution in [0.3, 0.4) is 0 Å². The van der Waals surface area contributed by atoms with Crippen molar-refractivity contribution in [2.75, 3.05) is 18.0 Å². The Morgan fingerprint density at radius 1 is 1.40 bits per heavy atom. The molecule has 15 heavy (non-hydrogen) atoms. The summed E-state index contributed by atoms with van der Waals surface area (Å²) in [5.74, 6) is 1.63. The first-order valence-electron chi connectivity index (χ1n) is 5.27. The number of anilines is 1. The average Bonchev–Trinajstić information content (AvgIpc) is 2.30. The van der Waals surface area contributed by atoms with E-state index in [4.69, 9.17) is 11.1 Å². The van der Waals surface area contributed by atoms with Crippen LogP contribution >= 0.6 is 0 Å². The third-order valence-electron chi connectivity index (χ3n) is 2.91. The van der Waals surface area contributed by atoms with Crippen molar-refractivity contribution in [3.05, 3.63) is 24.4 Å². The molecule has 2 rings (SSSR count). The van der Waals surface area contributed by atoms with Gasteiger partial charge in [0.15, 0.2) is 0 Å². The summed E-state index contributed by atoms with van der Waals surface area (Å²) in [5, 5.41) is 7.40. The van der Waals surface area contributed by atoms with Crippen LogP contribution in [0, 0.1) is 11.3 Å². The van der Waals surface area contributed by atoms with Crippen molar-refractivity contribution in [2.45, 2.75) is 12.8 Å². The molecule has 1 aromatic rings. The van der Waals surface area contributed by atoms with Crippen molar-refractivity contribution in [3.8, 4) is 0 Å². The van der Waals surface area contributed by atoms with Crippen molar-refractivity contribution in [1.29, 1.82) is 5.41 Å². The molecular formula is C11H16N4. The maximum Gasteiger partial charge on any atom is 0.128 e. The first kappa shape index (κ1) is 9.96. The molecular weight excluding hydrogens is 188 g/mol. The van der Waals surface area contributed by atoms with E-state index < -0.39 is 0 Å². The van der Waals surface area contributed by atoms with Gasteiger partial charge in [-0.3, -0.25) is 5.41 Å². The molecule has 0 spiro atoms. The third-order valence-corrected chi connectivity index (χ3v) is 2.91. The standard InChI is InChI=1S/C11H16N4/c12-11(13)9-4-7-15(8-5-9)10-3-1-2-6-14-10/h1-3,6,9H,4-5,7-8H2,(H3,12,13). The SMILES string of the molecule is N=C(N)C1CCN(c2ccccn2)CC1. The Morgan fingerprint density at radius 3 is 2.67 bits per heavy atom. The normalized spacial score (nSPS) is 17.7. The second-order valence-corrected chi connectivity index (χ2v) is 3.90. The lowest BCUT2D eigenvalue weighted by atomic mass is 9.96. The maximum absolute atomic E-state index is 7.40. The summed E-state index contributed by atoms with van der Waals surface area (Å²) in [6.07, 6.45) is 3.74. The lowest BCUT2D eigenvalue weighted by molar-refractivity contribution is 0.495. The molecule has 1 fully saturated rings. The Morgan fingerprint density at radius 2 is 2.13 bits per heavy atom. The second kappa shape index (κ2) is 4.29. The van der Waals surface area contributed by atoms with E-state index in [1.54, 1.807) is 0 Å². The maximum atomic E-state index is 7.40. The number of nitrogens with one attached hydrogen (secondary N) is 1. The van der Waals surface area contributed by atoms with Gasteiger partial charge < -0.3 is 10.6 Å². The van der Waals surface area contributed by atoms with Gasteiger partial charge >= 0.3 is 0 Å². The van der Waals surface area contributed by atoms with E-state index in [2.05, 4.69) is 9.88 Å². The Kier molecular flexibility index (Phi) is 2.85. The molecule has 1 aromatic heterocycles. The zero-order valence-corrected chi connectivity index (χ0v) is 8.69.